The molecule has 0 saturated heterocycles. The minimum absolute atomic E-state index is 0.0592. The number of rotatable bonds is 6. The Hall–Kier alpha value is -3.33. The van der Waals surface area contributed by atoms with Crippen molar-refractivity contribution in [3.05, 3.63) is 59.2 Å². The molecule has 6 heteroatoms. The Morgan fingerprint density at radius 1 is 1.19 bits per heavy atom. The minimum atomic E-state index is -1.20. The number of nitriles is 1. The molecule has 27 heavy (non-hydrogen) atoms. The Kier molecular flexibility index (Phi) is 5.13. The van der Waals surface area contributed by atoms with Crippen molar-refractivity contribution in [2.45, 2.75) is 24.9 Å². The average Bonchev–Trinajstić information content (AvgIpc) is 3.10. The summed E-state index contributed by atoms with van der Waals surface area (Å²) in [6.07, 6.45) is 0.599. The van der Waals surface area contributed by atoms with Gasteiger partial charge in [-0.1, -0.05) is 6.07 Å². The quantitative estimate of drug-likeness (QED) is 0.578. The van der Waals surface area contributed by atoms with Gasteiger partial charge in [0.15, 0.2) is 5.60 Å². The summed E-state index contributed by atoms with van der Waals surface area (Å²) in [6, 6.07) is 13.8. The topological polar surface area (TPSA) is 85.6 Å². The molecule has 2 aromatic carbocycles. The molecule has 0 N–H and O–H groups in total. The molecule has 0 spiro atoms. The van der Waals surface area contributed by atoms with E-state index in [4.69, 9.17) is 19.5 Å². The number of methoxy groups -OCH3 is 2. The van der Waals surface area contributed by atoms with E-state index in [0.29, 0.717) is 29.0 Å². The number of esters is 1. The smallest absolute Gasteiger partial charge is 0.305 e. The second kappa shape index (κ2) is 7.50. The number of nitrogens with zero attached hydrogens (tertiary/aromatic N) is 1. The molecule has 138 valence electrons. The van der Waals surface area contributed by atoms with E-state index in [1.807, 2.05) is 18.2 Å². The number of hydrogen-bond donors (Lipinski definition) is 0. The van der Waals surface area contributed by atoms with Gasteiger partial charge in [0.2, 0.25) is 5.78 Å². The zero-order valence-corrected chi connectivity index (χ0v) is 15.2. The zero-order valence-electron chi connectivity index (χ0n) is 15.2. The minimum Gasteiger partial charge on any atom is -0.497 e. The summed E-state index contributed by atoms with van der Waals surface area (Å²) in [5.74, 6) is 0.565. The zero-order chi connectivity index (χ0) is 19.4. The molecule has 1 heterocycles. The third-order valence-corrected chi connectivity index (χ3v) is 4.71. The molecule has 0 radical (unpaired) electrons. The number of ketones is 1. The maximum atomic E-state index is 13.3. The third-order valence-electron chi connectivity index (χ3n) is 4.71. The Balaban J connectivity index is 1.94. The van der Waals surface area contributed by atoms with Crippen LogP contribution in [0.1, 0.15) is 34.3 Å². The molecule has 1 atom stereocenters. The van der Waals surface area contributed by atoms with Gasteiger partial charge in [0, 0.05) is 30.9 Å². The molecule has 1 aliphatic rings. The second-order valence-corrected chi connectivity index (χ2v) is 6.34. The number of carbonyl (C=O) groups excluding carboxylic acids is 2. The molecule has 0 saturated carbocycles. The van der Waals surface area contributed by atoms with Gasteiger partial charge in [-0.2, -0.15) is 5.26 Å². The fraction of sp³-hybridized carbons (Fsp3) is 0.286. The van der Waals surface area contributed by atoms with Crippen LogP contribution in [0.5, 0.6) is 11.5 Å². The van der Waals surface area contributed by atoms with Gasteiger partial charge in [-0.3, -0.25) is 9.59 Å². The molecule has 0 bridgehead atoms. The number of hydrogen-bond acceptors (Lipinski definition) is 6. The van der Waals surface area contributed by atoms with Crippen molar-refractivity contribution in [3.8, 4) is 17.6 Å². The lowest BCUT2D eigenvalue weighted by Gasteiger charge is -2.27. The van der Waals surface area contributed by atoms with Gasteiger partial charge in [-0.25, -0.2) is 0 Å². The lowest BCUT2D eigenvalue weighted by atomic mass is 9.84. The largest absolute Gasteiger partial charge is 0.497 e. The van der Waals surface area contributed by atoms with Crippen molar-refractivity contribution in [2.75, 3.05) is 14.2 Å². The van der Waals surface area contributed by atoms with E-state index in [1.165, 1.54) is 7.11 Å². The van der Waals surface area contributed by atoms with Gasteiger partial charge in [-0.15, -0.1) is 0 Å². The van der Waals surface area contributed by atoms with Crippen LogP contribution in [-0.4, -0.2) is 31.6 Å². The highest BCUT2D eigenvalue weighted by molar-refractivity contribution is 6.03. The van der Waals surface area contributed by atoms with Crippen molar-refractivity contribution in [2.24, 2.45) is 0 Å². The average molecular weight is 365 g/mol. The van der Waals surface area contributed by atoms with E-state index < -0.39 is 11.6 Å². The maximum Gasteiger partial charge on any atom is 0.305 e. The Morgan fingerprint density at radius 2 is 1.93 bits per heavy atom. The molecule has 2 aromatic rings. The molecule has 0 amide bonds. The van der Waals surface area contributed by atoms with Crippen LogP contribution in [0.2, 0.25) is 0 Å². The van der Waals surface area contributed by atoms with Crippen LogP contribution in [0.3, 0.4) is 0 Å². The van der Waals surface area contributed by atoms with E-state index >= 15 is 0 Å². The predicted octanol–water partition coefficient (Wildman–Crippen LogP) is 3.08. The van der Waals surface area contributed by atoms with Gasteiger partial charge >= 0.3 is 5.97 Å². The van der Waals surface area contributed by atoms with E-state index in [0.717, 1.165) is 5.56 Å². The van der Waals surface area contributed by atoms with Crippen LogP contribution >= 0.6 is 0 Å². The molecule has 1 unspecified atom stereocenters. The highest BCUT2D eigenvalue weighted by Crippen LogP contribution is 2.41. The summed E-state index contributed by atoms with van der Waals surface area (Å²) < 4.78 is 16.0. The lowest BCUT2D eigenvalue weighted by molar-refractivity contribution is -0.141. The SMILES string of the molecule is COC(=O)CCC1(C(=O)c2ccc(C#N)cc2)Cc2ccc(OC)cc2O1. The first-order valence-electron chi connectivity index (χ1n) is 8.49. The van der Waals surface area contributed by atoms with Crippen molar-refractivity contribution < 1.29 is 23.8 Å². The van der Waals surface area contributed by atoms with Crippen LogP contribution in [0, 0.1) is 11.3 Å². The van der Waals surface area contributed by atoms with E-state index in [1.54, 1.807) is 37.4 Å². The number of carbonyl (C=O) groups is 2. The summed E-state index contributed by atoms with van der Waals surface area (Å²) in [6.45, 7) is 0. The molecule has 0 aromatic heterocycles. The lowest BCUT2D eigenvalue weighted by Crippen LogP contribution is -2.44. The van der Waals surface area contributed by atoms with Crippen molar-refractivity contribution in [3.63, 3.8) is 0 Å². The van der Waals surface area contributed by atoms with Crippen LogP contribution in [0.15, 0.2) is 42.5 Å². The first-order valence-corrected chi connectivity index (χ1v) is 8.49. The highest BCUT2D eigenvalue weighted by Gasteiger charge is 2.46. The number of fused-ring (bicyclic) bond motifs is 1. The van der Waals surface area contributed by atoms with E-state index in [2.05, 4.69) is 0 Å². The van der Waals surface area contributed by atoms with E-state index in [9.17, 15) is 9.59 Å². The maximum absolute atomic E-state index is 13.3. The standard InChI is InChI=1S/C21H19NO5/c1-25-17-8-7-16-12-21(27-18(16)11-17,10-9-19(23)26-2)20(24)15-5-3-14(13-22)4-6-15/h3-8,11H,9-10,12H2,1-2H3. The first-order chi connectivity index (χ1) is 13.0. The van der Waals surface area contributed by atoms with Gasteiger partial charge in [0.1, 0.15) is 11.5 Å². The normalized spacial score (nSPS) is 17.4. The van der Waals surface area contributed by atoms with Crippen LogP contribution < -0.4 is 9.47 Å². The van der Waals surface area contributed by atoms with Gasteiger partial charge < -0.3 is 14.2 Å². The van der Waals surface area contributed by atoms with Crippen molar-refractivity contribution >= 4 is 11.8 Å². The summed E-state index contributed by atoms with van der Waals surface area (Å²) in [5, 5.41) is 8.95. The van der Waals surface area contributed by atoms with Crippen LogP contribution in [-0.2, 0) is 16.0 Å². The summed E-state index contributed by atoms with van der Waals surface area (Å²) >= 11 is 0. The second-order valence-electron chi connectivity index (χ2n) is 6.34. The predicted molar refractivity (Wildman–Crippen MR) is 96.8 cm³/mol. The van der Waals surface area contributed by atoms with Crippen molar-refractivity contribution in [1.29, 1.82) is 5.26 Å². The molecular formula is C21H19NO5. The van der Waals surface area contributed by atoms with Crippen LogP contribution in [0.4, 0.5) is 0 Å². The Bertz CT molecular complexity index is 913. The van der Waals surface area contributed by atoms with Crippen molar-refractivity contribution in [1.82, 2.24) is 0 Å². The third kappa shape index (κ3) is 3.63. The molecule has 0 fully saturated rings. The molecule has 3 rings (SSSR count). The number of benzene rings is 2. The number of Topliss-reactive ketones (excluding diaryl/α,β-unsaturated/α-hetero) is 1. The van der Waals surface area contributed by atoms with Crippen LogP contribution in [0.25, 0.3) is 0 Å². The Labute approximate surface area is 157 Å². The highest BCUT2D eigenvalue weighted by atomic mass is 16.5. The van der Waals surface area contributed by atoms with Gasteiger partial charge in [-0.05, 0) is 35.9 Å². The molecule has 0 aliphatic carbocycles. The van der Waals surface area contributed by atoms with E-state index in [-0.39, 0.29) is 18.6 Å². The first kappa shape index (κ1) is 18.5. The number of ether oxygens (including phenoxy) is 3. The Morgan fingerprint density at radius 3 is 2.56 bits per heavy atom. The molecule has 6 nitrogen and oxygen atoms in total. The monoisotopic (exact) mass is 365 g/mol. The summed E-state index contributed by atoms with van der Waals surface area (Å²) in [7, 11) is 2.87. The summed E-state index contributed by atoms with van der Waals surface area (Å²) in [5.41, 5.74) is 0.577. The fourth-order valence-corrected chi connectivity index (χ4v) is 3.20. The van der Waals surface area contributed by atoms with Gasteiger partial charge in [0.05, 0.1) is 25.9 Å². The fourth-order valence-electron chi connectivity index (χ4n) is 3.20. The van der Waals surface area contributed by atoms with Gasteiger partial charge in [0.25, 0.3) is 0 Å². The molecular weight excluding hydrogens is 346 g/mol. The summed E-state index contributed by atoms with van der Waals surface area (Å²) in [4.78, 5) is 25.0. The molecule has 1 aliphatic heterocycles.